The smallest absolute Gasteiger partial charge is 0.414 e. The van der Waals surface area contributed by atoms with E-state index in [0.29, 0.717) is 13.0 Å². The van der Waals surface area contributed by atoms with E-state index in [1.807, 2.05) is 30.3 Å². The van der Waals surface area contributed by atoms with Crippen molar-refractivity contribution in [3.05, 3.63) is 43.0 Å². The Morgan fingerprint density at radius 1 is 1.47 bits per heavy atom. The molecule has 1 rings (SSSR count). The summed E-state index contributed by atoms with van der Waals surface area (Å²) >= 11 is 0. The predicted molar refractivity (Wildman–Crippen MR) is 61.0 cm³/mol. The number of para-hydroxylation sites is 1. The van der Waals surface area contributed by atoms with Gasteiger partial charge in [-0.15, -0.1) is 6.58 Å². The van der Waals surface area contributed by atoms with Gasteiger partial charge in [-0.05, 0) is 18.6 Å². The molecule has 0 spiro atoms. The van der Waals surface area contributed by atoms with E-state index in [1.165, 1.54) is 4.90 Å². The lowest BCUT2D eigenvalue weighted by Crippen LogP contribution is -2.27. The number of carbonyl (C=O) groups is 1. The van der Waals surface area contributed by atoms with Gasteiger partial charge in [0.2, 0.25) is 0 Å². The summed E-state index contributed by atoms with van der Waals surface area (Å²) in [5.74, 6) is 0. The summed E-state index contributed by atoms with van der Waals surface area (Å²) in [5, 5.41) is 0. The van der Waals surface area contributed by atoms with Crippen LogP contribution in [0.4, 0.5) is 10.5 Å². The number of benzene rings is 1. The fourth-order valence-corrected chi connectivity index (χ4v) is 1.08. The van der Waals surface area contributed by atoms with Gasteiger partial charge >= 0.3 is 6.09 Å². The number of carbonyl (C=O) groups excluding carboxylic acids is 1. The first-order valence-electron chi connectivity index (χ1n) is 4.82. The average molecular weight is 205 g/mol. The van der Waals surface area contributed by atoms with Gasteiger partial charge in [-0.25, -0.2) is 4.79 Å². The van der Waals surface area contributed by atoms with Crippen LogP contribution in [0.5, 0.6) is 0 Å². The number of anilines is 1. The largest absolute Gasteiger partial charge is 0.449 e. The molecule has 0 aliphatic carbocycles. The lowest BCUT2D eigenvalue weighted by atomic mass is 10.3. The van der Waals surface area contributed by atoms with E-state index >= 15 is 0 Å². The zero-order valence-corrected chi connectivity index (χ0v) is 8.85. The van der Waals surface area contributed by atoms with Gasteiger partial charge in [0.15, 0.2) is 0 Å². The van der Waals surface area contributed by atoms with E-state index < -0.39 is 0 Å². The second-order valence-corrected chi connectivity index (χ2v) is 3.09. The standard InChI is InChI=1S/C12H15NO2/c1-3-4-10-15-12(14)13(2)11-8-6-5-7-9-11/h3,5-9H,1,4,10H2,2H3. The number of nitrogens with zero attached hydrogens (tertiary/aromatic N) is 1. The molecule has 0 bridgehead atoms. The molecule has 0 saturated heterocycles. The van der Waals surface area contributed by atoms with Crippen LogP contribution in [0.25, 0.3) is 0 Å². The SMILES string of the molecule is C=CCCOC(=O)N(C)c1ccccc1. The van der Waals surface area contributed by atoms with E-state index in [2.05, 4.69) is 6.58 Å². The fraction of sp³-hybridized carbons (Fsp3) is 0.250. The van der Waals surface area contributed by atoms with Crippen LogP contribution in [0.3, 0.4) is 0 Å². The van der Waals surface area contributed by atoms with Gasteiger partial charge in [-0.1, -0.05) is 24.3 Å². The Morgan fingerprint density at radius 3 is 2.73 bits per heavy atom. The topological polar surface area (TPSA) is 29.5 Å². The van der Waals surface area contributed by atoms with Crippen molar-refractivity contribution in [2.45, 2.75) is 6.42 Å². The molecule has 1 aromatic rings. The Balaban J connectivity index is 2.50. The van der Waals surface area contributed by atoms with Crippen molar-refractivity contribution in [2.24, 2.45) is 0 Å². The quantitative estimate of drug-likeness (QED) is 0.558. The van der Waals surface area contributed by atoms with Gasteiger partial charge in [0.05, 0.1) is 6.61 Å². The number of ether oxygens (including phenoxy) is 1. The third-order valence-corrected chi connectivity index (χ3v) is 1.96. The molecule has 80 valence electrons. The fourth-order valence-electron chi connectivity index (χ4n) is 1.08. The summed E-state index contributed by atoms with van der Waals surface area (Å²) in [6.45, 7) is 3.93. The van der Waals surface area contributed by atoms with Crippen molar-refractivity contribution >= 4 is 11.8 Å². The van der Waals surface area contributed by atoms with Crippen LogP contribution in [-0.2, 0) is 4.74 Å². The minimum atomic E-state index is -0.344. The van der Waals surface area contributed by atoms with E-state index in [4.69, 9.17) is 4.74 Å². The van der Waals surface area contributed by atoms with E-state index in [0.717, 1.165) is 5.69 Å². The molecule has 0 N–H and O–H groups in total. The Hall–Kier alpha value is -1.77. The number of hydrogen-bond donors (Lipinski definition) is 0. The van der Waals surface area contributed by atoms with Gasteiger partial charge < -0.3 is 4.74 Å². The van der Waals surface area contributed by atoms with Crippen LogP contribution >= 0.6 is 0 Å². The Bertz CT molecular complexity index is 322. The zero-order chi connectivity index (χ0) is 11.1. The van der Waals surface area contributed by atoms with Gasteiger partial charge in [0.25, 0.3) is 0 Å². The first kappa shape index (κ1) is 11.3. The summed E-state index contributed by atoms with van der Waals surface area (Å²) < 4.78 is 5.01. The summed E-state index contributed by atoms with van der Waals surface area (Å²) in [7, 11) is 1.69. The normalized spacial score (nSPS) is 9.40. The molecule has 3 heteroatoms. The molecule has 0 aliphatic rings. The molecule has 0 saturated carbocycles. The van der Waals surface area contributed by atoms with Crippen LogP contribution in [0.15, 0.2) is 43.0 Å². The Morgan fingerprint density at radius 2 is 2.13 bits per heavy atom. The maximum absolute atomic E-state index is 11.5. The van der Waals surface area contributed by atoms with Crippen molar-refractivity contribution in [3.63, 3.8) is 0 Å². The highest BCUT2D eigenvalue weighted by Crippen LogP contribution is 2.11. The van der Waals surface area contributed by atoms with Gasteiger partial charge in [0.1, 0.15) is 0 Å². The minimum absolute atomic E-state index is 0.344. The van der Waals surface area contributed by atoms with Crippen molar-refractivity contribution in [1.29, 1.82) is 0 Å². The molecular formula is C12H15NO2. The van der Waals surface area contributed by atoms with Gasteiger partial charge in [0, 0.05) is 12.7 Å². The molecule has 3 nitrogen and oxygen atoms in total. The Kier molecular flexibility index (Phi) is 4.41. The van der Waals surface area contributed by atoms with Crippen LogP contribution in [0.1, 0.15) is 6.42 Å². The lowest BCUT2D eigenvalue weighted by molar-refractivity contribution is 0.157. The monoisotopic (exact) mass is 205 g/mol. The molecule has 0 atom stereocenters. The molecule has 0 radical (unpaired) electrons. The molecule has 15 heavy (non-hydrogen) atoms. The van der Waals surface area contributed by atoms with Gasteiger partial charge in [-0.2, -0.15) is 0 Å². The third kappa shape index (κ3) is 3.46. The molecule has 1 aromatic carbocycles. The minimum Gasteiger partial charge on any atom is -0.449 e. The molecule has 0 aliphatic heterocycles. The average Bonchev–Trinajstić information content (AvgIpc) is 2.29. The number of amides is 1. The maximum atomic E-state index is 11.5. The van der Waals surface area contributed by atoms with Gasteiger partial charge in [-0.3, -0.25) is 4.90 Å². The summed E-state index contributed by atoms with van der Waals surface area (Å²) in [4.78, 5) is 13.0. The summed E-state index contributed by atoms with van der Waals surface area (Å²) in [6.07, 6.45) is 2.05. The summed E-state index contributed by atoms with van der Waals surface area (Å²) in [6, 6.07) is 9.37. The van der Waals surface area contributed by atoms with Crippen molar-refractivity contribution < 1.29 is 9.53 Å². The highest BCUT2D eigenvalue weighted by Gasteiger charge is 2.10. The third-order valence-electron chi connectivity index (χ3n) is 1.96. The van der Waals surface area contributed by atoms with E-state index in [1.54, 1.807) is 13.1 Å². The molecular weight excluding hydrogens is 190 g/mol. The zero-order valence-electron chi connectivity index (χ0n) is 8.85. The van der Waals surface area contributed by atoms with Crippen molar-refractivity contribution in [1.82, 2.24) is 0 Å². The summed E-state index contributed by atoms with van der Waals surface area (Å²) in [5.41, 5.74) is 0.820. The second kappa shape index (κ2) is 5.86. The lowest BCUT2D eigenvalue weighted by Gasteiger charge is -2.16. The van der Waals surface area contributed by atoms with Crippen LogP contribution in [0.2, 0.25) is 0 Å². The van der Waals surface area contributed by atoms with Crippen molar-refractivity contribution in [2.75, 3.05) is 18.6 Å². The van der Waals surface area contributed by atoms with E-state index in [-0.39, 0.29) is 6.09 Å². The first-order chi connectivity index (χ1) is 7.25. The number of rotatable bonds is 4. The number of hydrogen-bond acceptors (Lipinski definition) is 2. The molecule has 0 unspecified atom stereocenters. The maximum Gasteiger partial charge on any atom is 0.414 e. The van der Waals surface area contributed by atoms with E-state index in [9.17, 15) is 4.79 Å². The van der Waals surface area contributed by atoms with Crippen LogP contribution in [0, 0.1) is 0 Å². The molecule has 0 aromatic heterocycles. The molecule has 0 heterocycles. The predicted octanol–water partition coefficient (Wildman–Crippen LogP) is 2.84. The highest BCUT2D eigenvalue weighted by molar-refractivity contribution is 5.86. The van der Waals surface area contributed by atoms with Crippen molar-refractivity contribution in [3.8, 4) is 0 Å². The second-order valence-electron chi connectivity index (χ2n) is 3.09. The molecule has 0 fully saturated rings. The van der Waals surface area contributed by atoms with Crippen LogP contribution in [-0.4, -0.2) is 19.7 Å². The molecule has 1 amide bonds. The first-order valence-corrected chi connectivity index (χ1v) is 4.82. The van der Waals surface area contributed by atoms with Crippen LogP contribution < -0.4 is 4.90 Å². The Labute approximate surface area is 90.0 Å². The highest BCUT2D eigenvalue weighted by atomic mass is 16.6.